The normalized spacial score (nSPS) is 14.1. The van der Waals surface area contributed by atoms with Crippen LogP contribution in [0.5, 0.6) is 0 Å². The van der Waals surface area contributed by atoms with Crippen LogP contribution in [0.25, 0.3) is 10.2 Å². The van der Waals surface area contributed by atoms with Crippen LogP contribution in [0.15, 0.2) is 48.0 Å². The summed E-state index contributed by atoms with van der Waals surface area (Å²) in [7, 11) is 0. The zero-order valence-electron chi connectivity index (χ0n) is 12.2. The molecule has 0 aliphatic heterocycles. The first-order valence-electron chi connectivity index (χ1n) is 7.12. The molecule has 5 heteroatoms. The minimum atomic E-state index is -0.681. The van der Waals surface area contributed by atoms with Crippen LogP contribution >= 0.6 is 11.3 Å². The molecule has 0 amide bonds. The van der Waals surface area contributed by atoms with Crippen molar-refractivity contribution in [2.75, 3.05) is 0 Å². The highest BCUT2D eigenvalue weighted by atomic mass is 32.1. The first-order valence-corrected chi connectivity index (χ1v) is 8.00. The van der Waals surface area contributed by atoms with Crippen molar-refractivity contribution in [2.45, 2.75) is 25.6 Å². The minimum absolute atomic E-state index is 0.149. The zero-order chi connectivity index (χ0) is 15.5. The standard InChI is InChI=1S/C17H17FN2OS/c1-11(17(21)13-2-4-14(18)5-3-13)19-9-12-8-16-15(20-10-12)6-7-22-16/h2-8,10-11,17,19,21H,9H2,1H3. The van der Waals surface area contributed by atoms with Crippen molar-refractivity contribution in [3.63, 3.8) is 0 Å². The van der Waals surface area contributed by atoms with Gasteiger partial charge in [-0.2, -0.15) is 0 Å². The molecule has 1 aromatic carbocycles. The molecule has 3 rings (SSSR count). The molecular weight excluding hydrogens is 299 g/mol. The van der Waals surface area contributed by atoms with E-state index in [2.05, 4.69) is 16.4 Å². The number of hydrogen-bond acceptors (Lipinski definition) is 4. The van der Waals surface area contributed by atoms with Crippen LogP contribution < -0.4 is 5.32 Å². The second-order valence-electron chi connectivity index (χ2n) is 5.31. The molecule has 0 aliphatic carbocycles. The molecule has 2 heterocycles. The monoisotopic (exact) mass is 316 g/mol. The van der Waals surface area contributed by atoms with Gasteiger partial charge in [0, 0.05) is 18.8 Å². The van der Waals surface area contributed by atoms with Gasteiger partial charge in [0.2, 0.25) is 0 Å². The number of aliphatic hydroxyl groups excluding tert-OH is 1. The maximum Gasteiger partial charge on any atom is 0.123 e. The van der Waals surface area contributed by atoms with Gasteiger partial charge in [-0.1, -0.05) is 12.1 Å². The molecule has 0 saturated carbocycles. The van der Waals surface area contributed by atoms with Gasteiger partial charge in [-0.3, -0.25) is 4.98 Å². The fourth-order valence-corrected chi connectivity index (χ4v) is 3.13. The third kappa shape index (κ3) is 3.32. The van der Waals surface area contributed by atoms with Gasteiger partial charge in [-0.25, -0.2) is 4.39 Å². The molecule has 0 fully saturated rings. The van der Waals surface area contributed by atoms with Gasteiger partial charge in [-0.05, 0) is 47.7 Å². The predicted octanol–water partition coefficient (Wildman–Crippen LogP) is 3.65. The van der Waals surface area contributed by atoms with Crippen molar-refractivity contribution in [3.8, 4) is 0 Å². The van der Waals surface area contributed by atoms with Crippen LogP contribution in [-0.2, 0) is 6.54 Å². The van der Waals surface area contributed by atoms with Crippen LogP contribution in [0.2, 0.25) is 0 Å². The third-order valence-electron chi connectivity index (χ3n) is 3.67. The number of fused-ring (bicyclic) bond motifs is 1. The lowest BCUT2D eigenvalue weighted by atomic mass is 10.0. The largest absolute Gasteiger partial charge is 0.387 e. The summed E-state index contributed by atoms with van der Waals surface area (Å²) in [4.78, 5) is 4.40. The van der Waals surface area contributed by atoms with E-state index in [0.29, 0.717) is 12.1 Å². The zero-order valence-corrected chi connectivity index (χ0v) is 13.0. The van der Waals surface area contributed by atoms with E-state index in [0.717, 1.165) is 15.8 Å². The number of halogens is 1. The van der Waals surface area contributed by atoms with Gasteiger partial charge in [0.15, 0.2) is 0 Å². The average molecular weight is 316 g/mol. The van der Waals surface area contributed by atoms with Crippen LogP contribution in [0.4, 0.5) is 4.39 Å². The summed E-state index contributed by atoms with van der Waals surface area (Å²) in [6.07, 6.45) is 1.16. The number of rotatable bonds is 5. The highest BCUT2D eigenvalue weighted by molar-refractivity contribution is 7.17. The van der Waals surface area contributed by atoms with Gasteiger partial charge >= 0.3 is 0 Å². The van der Waals surface area contributed by atoms with Gasteiger partial charge in [-0.15, -0.1) is 11.3 Å². The van der Waals surface area contributed by atoms with Crippen LogP contribution in [-0.4, -0.2) is 16.1 Å². The topological polar surface area (TPSA) is 45.2 Å². The van der Waals surface area contributed by atoms with Gasteiger partial charge in [0.1, 0.15) is 5.82 Å². The third-order valence-corrected chi connectivity index (χ3v) is 4.53. The molecule has 2 unspecified atom stereocenters. The van der Waals surface area contributed by atoms with E-state index < -0.39 is 6.10 Å². The number of nitrogens with one attached hydrogen (secondary N) is 1. The second kappa shape index (κ2) is 6.52. The van der Waals surface area contributed by atoms with E-state index in [4.69, 9.17) is 0 Å². The lowest BCUT2D eigenvalue weighted by molar-refractivity contribution is 0.135. The Morgan fingerprint density at radius 1 is 1.27 bits per heavy atom. The Bertz CT molecular complexity index is 757. The molecule has 2 atom stereocenters. The summed E-state index contributed by atoms with van der Waals surface area (Å²) in [5.74, 6) is -0.299. The molecule has 114 valence electrons. The van der Waals surface area contributed by atoms with Crippen molar-refractivity contribution in [2.24, 2.45) is 0 Å². The summed E-state index contributed by atoms with van der Waals surface area (Å²) < 4.78 is 14.1. The summed E-state index contributed by atoms with van der Waals surface area (Å²) in [6, 6.07) is 9.90. The fraction of sp³-hybridized carbons (Fsp3) is 0.235. The number of aromatic nitrogens is 1. The van der Waals surface area contributed by atoms with Crippen LogP contribution in [0, 0.1) is 5.82 Å². The van der Waals surface area contributed by atoms with E-state index in [1.54, 1.807) is 23.5 Å². The Balaban J connectivity index is 1.63. The average Bonchev–Trinajstić information content (AvgIpc) is 3.00. The van der Waals surface area contributed by atoms with Crippen molar-refractivity contribution in [1.29, 1.82) is 0 Å². The molecule has 0 spiro atoms. The number of hydrogen-bond donors (Lipinski definition) is 2. The van der Waals surface area contributed by atoms with Crippen molar-refractivity contribution < 1.29 is 9.50 Å². The van der Waals surface area contributed by atoms with Crippen LogP contribution in [0.3, 0.4) is 0 Å². The van der Waals surface area contributed by atoms with Gasteiger partial charge in [0.05, 0.1) is 16.3 Å². The smallest absolute Gasteiger partial charge is 0.123 e. The molecule has 0 saturated heterocycles. The minimum Gasteiger partial charge on any atom is -0.387 e. The maximum absolute atomic E-state index is 12.9. The highest BCUT2D eigenvalue weighted by Gasteiger charge is 2.16. The van der Waals surface area contributed by atoms with Crippen molar-refractivity contribution >= 4 is 21.6 Å². The fourth-order valence-electron chi connectivity index (χ4n) is 2.32. The van der Waals surface area contributed by atoms with E-state index in [9.17, 15) is 9.50 Å². The Hall–Kier alpha value is -1.82. The SMILES string of the molecule is CC(NCc1cnc2ccsc2c1)C(O)c1ccc(F)cc1. The first-order chi connectivity index (χ1) is 10.6. The first kappa shape index (κ1) is 15.1. The highest BCUT2D eigenvalue weighted by Crippen LogP contribution is 2.20. The van der Waals surface area contributed by atoms with E-state index in [-0.39, 0.29) is 11.9 Å². The molecule has 2 N–H and O–H groups in total. The molecule has 22 heavy (non-hydrogen) atoms. The Morgan fingerprint density at radius 2 is 2.05 bits per heavy atom. The summed E-state index contributed by atoms with van der Waals surface area (Å²) in [5.41, 5.74) is 2.79. The maximum atomic E-state index is 12.9. The number of benzene rings is 1. The lowest BCUT2D eigenvalue weighted by Gasteiger charge is -2.20. The van der Waals surface area contributed by atoms with Gasteiger partial charge in [0.25, 0.3) is 0 Å². The number of nitrogens with zero attached hydrogens (tertiary/aromatic N) is 1. The number of pyridine rings is 1. The molecule has 0 bridgehead atoms. The van der Waals surface area contributed by atoms with Crippen molar-refractivity contribution in [1.82, 2.24) is 10.3 Å². The Kier molecular flexibility index (Phi) is 4.47. The van der Waals surface area contributed by atoms with Gasteiger partial charge < -0.3 is 10.4 Å². The summed E-state index contributed by atoms with van der Waals surface area (Å²) in [5, 5.41) is 15.6. The Morgan fingerprint density at radius 3 is 2.82 bits per heavy atom. The van der Waals surface area contributed by atoms with Crippen LogP contribution in [0.1, 0.15) is 24.2 Å². The molecule has 0 radical (unpaired) electrons. The van der Waals surface area contributed by atoms with E-state index in [1.165, 1.54) is 12.1 Å². The molecule has 3 aromatic rings. The lowest BCUT2D eigenvalue weighted by Crippen LogP contribution is -2.31. The molecular formula is C17H17FN2OS. The van der Waals surface area contributed by atoms with E-state index >= 15 is 0 Å². The summed E-state index contributed by atoms with van der Waals surface area (Å²) >= 11 is 1.67. The number of aliphatic hydroxyl groups is 1. The molecule has 3 nitrogen and oxygen atoms in total. The quantitative estimate of drug-likeness (QED) is 0.755. The number of thiophene rings is 1. The second-order valence-corrected chi connectivity index (χ2v) is 6.26. The molecule has 0 aliphatic rings. The Labute approximate surface area is 132 Å². The van der Waals surface area contributed by atoms with Crippen molar-refractivity contribution in [3.05, 3.63) is 64.9 Å². The predicted molar refractivity (Wildman–Crippen MR) is 87.3 cm³/mol. The molecule has 2 aromatic heterocycles. The summed E-state index contributed by atoms with van der Waals surface area (Å²) in [6.45, 7) is 2.53. The van der Waals surface area contributed by atoms with E-state index in [1.807, 2.05) is 24.6 Å².